The molecule has 3 aromatic carbocycles. The Balaban J connectivity index is 1.53. The fourth-order valence-corrected chi connectivity index (χ4v) is 4.56. The van der Waals surface area contributed by atoms with Gasteiger partial charge in [-0.1, -0.05) is 76.5 Å². The smallest absolute Gasteiger partial charge is 0.316 e. The third-order valence-electron chi connectivity index (χ3n) is 4.82. The van der Waals surface area contributed by atoms with Crippen LogP contribution in [0.2, 0.25) is 10.0 Å². The molecule has 0 fully saturated rings. The molecule has 0 saturated carbocycles. The minimum Gasteiger partial charge on any atom is -0.316 e. The summed E-state index contributed by atoms with van der Waals surface area (Å²) in [5, 5.41) is 13.5. The van der Waals surface area contributed by atoms with Crippen molar-refractivity contribution in [2.75, 3.05) is 5.43 Å². The molecule has 1 atom stereocenters. The van der Waals surface area contributed by atoms with Crippen LogP contribution in [0.25, 0.3) is 11.4 Å². The van der Waals surface area contributed by atoms with E-state index in [0.29, 0.717) is 32.3 Å². The van der Waals surface area contributed by atoms with Crippen LogP contribution in [0, 0.1) is 0 Å². The van der Waals surface area contributed by atoms with Gasteiger partial charge in [-0.25, -0.2) is 9.47 Å². The number of carbonyl (C=O) groups excluding carboxylic acids is 1. The number of oxime groups is 1. The van der Waals surface area contributed by atoms with E-state index in [4.69, 9.17) is 28.0 Å². The van der Waals surface area contributed by atoms with Crippen LogP contribution in [-0.2, 0) is 9.63 Å². The molecule has 0 aliphatic carbocycles. The van der Waals surface area contributed by atoms with Crippen LogP contribution in [0.4, 0.5) is 5.69 Å². The summed E-state index contributed by atoms with van der Waals surface area (Å²) in [6.07, 6.45) is 0. The number of para-hydroxylation sites is 1. The second-order valence-corrected chi connectivity index (χ2v) is 8.91. The number of rotatable bonds is 6. The number of nitrogens with zero attached hydrogens (tertiary/aromatic N) is 4. The summed E-state index contributed by atoms with van der Waals surface area (Å²) in [4.78, 5) is 17.6. The first-order valence-electron chi connectivity index (χ1n) is 9.84. The van der Waals surface area contributed by atoms with E-state index in [1.165, 1.54) is 11.8 Å². The Morgan fingerprint density at radius 2 is 1.64 bits per heavy atom. The van der Waals surface area contributed by atoms with E-state index >= 15 is 0 Å². The molecule has 0 amide bonds. The Bertz CT molecular complexity index is 1340. The molecule has 0 bridgehead atoms. The number of benzene rings is 3. The minimum absolute atomic E-state index is 0.429. The number of thioether (sulfide) groups is 1. The summed E-state index contributed by atoms with van der Waals surface area (Å²) in [7, 11) is 0. The van der Waals surface area contributed by atoms with Gasteiger partial charge in [-0.2, -0.15) is 0 Å². The number of aromatic nitrogens is 3. The molecule has 1 aromatic heterocycles. The predicted octanol–water partition coefficient (Wildman–Crippen LogP) is 5.55. The van der Waals surface area contributed by atoms with Crippen LogP contribution >= 0.6 is 35.0 Å². The summed E-state index contributed by atoms with van der Waals surface area (Å²) < 4.78 is 1.72. The summed E-state index contributed by atoms with van der Waals surface area (Å²) >= 11 is 13.6. The molecule has 7 nitrogen and oxygen atoms in total. The first-order chi connectivity index (χ1) is 16.1. The number of nitrogens with one attached hydrogen (secondary N) is 1. The number of halogens is 2. The van der Waals surface area contributed by atoms with Crippen LogP contribution in [0.3, 0.4) is 0 Å². The molecular weight excluding hydrogens is 481 g/mol. The molecule has 1 aliphatic rings. The molecule has 1 unspecified atom stereocenters. The van der Waals surface area contributed by atoms with E-state index in [1.807, 2.05) is 54.6 Å². The van der Waals surface area contributed by atoms with E-state index in [0.717, 1.165) is 11.3 Å². The SMILES string of the molecule is O=C1ON=C(c2ccccc2Cl)C1Sc1nnc(-c2ccc(Cl)cc2)n1Nc1ccccc1. The molecule has 4 aromatic rings. The van der Waals surface area contributed by atoms with E-state index < -0.39 is 11.2 Å². The zero-order chi connectivity index (χ0) is 22.8. The number of hydrogen-bond donors (Lipinski definition) is 1. The zero-order valence-electron chi connectivity index (χ0n) is 16.9. The van der Waals surface area contributed by atoms with Gasteiger partial charge in [0.25, 0.3) is 0 Å². The third kappa shape index (κ3) is 4.45. The molecule has 0 spiro atoms. The first-order valence-corrected chi connectivity index (χ1v) is 11.5. The summed E-state index contributed by atoms with van der Waals surface area (Å²) in [6, 6.07) is 24.0. The van der Waals surface area contributed by atoms with Gasteiger partial charge >= 0.3 is 5.97 Å². The summed E-state index contributed by atoms with van der Waals surface area (Å²) in [5.41, 5.74) is 5.99. The topological polar surface area (TPSA) is 81.4 Å². The number of carbonyl (C=O) groups is 1. The van der Waals surface area contributed by atoms with Crippen molar-refractivity contribution in [1.29, 1.82) is 0 Å². The first kappa shape index (κ1) is 21.5. The van der Waals surface area contributed by atoms with Crippen LogP contribution in [0.15, 0.2) is 89.2 Å². The van der Waals surface area contributed by atoms with Crippen molar-refractivity contribution >= 4 is 52.3 Å². The Morgan fingerprint density at radius 3 is 2.39 bits per heavy atom. The molecular formula is C23H15Cl2N5O2S. The zero-order valence-corrected chi connectivity index (χ0v) is 19.2. The molecule has 1 N–H and O–H groups in total. The maximum Gasteiger partial charge on any atom is 0.354 e. The van der Waals surface area contributed by atoms with Crippen molar-refractivity contribution < 1.29 is 9.63 Å². The highest BCUT2D eigenvalue weighted by molar-refractivity contribution is 8.01. The van der Waals surface area contributed by atoms with Gasteiger partial charge in [0.05, 0.1) is 5.69 Å². The number of hydrogen-bond acceptors (Lipinski definition) is 7. The van der Waals surface area contributed by atoms with Gasteiger partial charge in [-0.15, -0.1) is 10.2 Å². The standard InChI is InChI=1S/C23H15Cl2N5O2S/c24-15-12-10-14(11-13-15)21-26-27-23(30(21)28-16-6-2-1-3-7-16)33-20-19(29-32-22(20)31)17-8-4-5-9-18(17)25/h1-13,20,28H. The van der Waals surface area contributed by atoms with Crippen LogP contribution < -0.4 is 5.43 Å². The Morgan fingerprint density at radius 1 is 0.909 bits per heavy atom. The Kier molecular flexibility index (Phi) is 6.04. The molecule has 10 heteroatoms. The van der Waals surface area contributed by atoms with Crippen molar-refractivity contribution in [3.63, 3.8) is 0 Å². The van der Waals surface area contributed by atoms with Gasteiger partial charge in [0.15, 0.2) is 11.1 Å². The lowest BCUT2D eigenvalue weighted by Gasteiger charge is -2.14. The fraction of sp³-hybridized carbons (Fsp3) is 0.0435. The quantitative estimate of drug-likeness (QED) is 0.353. The van der Waals surface area contributed by atoms with Crippen molar-refractivity contribution in [2.45, 2.75) is 10.4 Å². The van der Waals surface area contributed by atoms with Crippen LogP contribution in [0.5, 0.6) is 0 Å². The van der Waals surface area contributed by atoms with Gasteiger partial charge in [0.1, 0.15) is 5.71 Å². The van der Waals surface area contributed by atoms with Gasteiger partial charge in [-0.3, -0.25) is 5.43 Å². The normalized spacial score (nSPS) is 15.3. The lowest BCUT2D eigenvalue weighted by molar-refractivity contribution is -0.139. The van der Waals surface area contributed by atoms with E-state index in [2.05, 4.69) is 20.8 Å². The monoisotopic (exact) mass is 495 g/mol. The second-order valence-electron chi connectivity index (χ2n) is 6.99. The molecule has 1 aliphatic heterocycles. The molecule has 164 valence electrons. The van der Waals surface area contributed by atoms with E-state index in [-0.39, 0.29) is 0 Å². The van der Waals surface area contributed by atoms with E-state index in [1.54, 1.807) is 28.9 Å². The Hall–Kier alpha value is -3.33. The van der Waals surface area contributed by atoms with Gasteiger partial charge < -0.3 is 4.84 Å². The second kappa shape index (κ2) is 9.27. The summed E-state index contributed by atoms with van der Waals surface area (Å²) in [6.45, 7) is 0. The lowest BCUT2D eigenvalue weighted by atomic mass is 10.1. The highest BCUT2D eigenvalue weighted by Crippen LogP contribution is 2.33. The maximum atomic E-state index is 12.6. The molecule has 0 saturated heterocycles. The maximum absolute atomic E-state index is 12.6. The number of anilines is 1. The van der Waals surface area contributed by atoms with Gasteiger partial charge in [-0.05, 0) is 42.5 Å². The highest BCUT2D eigenvalue weighted by Gasteiger charge is 2.37. The lowest BCUT2D eigenvalue weighted by Crippen LogP contribution is -2.24. The van der Waals surface area contributed by atoms with E-state index in [9.17, 15) is 4.79 Å². The predicted molar refractivity (Wildman–Crippen MR) is 130 cm³/mol. The van der Waals surface area contributed by atoms with Gasteiger partial charge in [0, 0.05) is 21.2 Å². The van der Waals surface area contributed by atoms with Crippen molar-refractivity contribution in [3.8, 4) is 11.4 Å². The fourth-order valence-electron chi connectivity index (χ4n) is 3.25. The van der Waals surface area contributed by atoms with Crippen molar-refractivity contribution in [3.05, 3.63) is 94.5 Å². The van der Waals surface area contributed by atoms with Crippen molar-refractivity contribution in [2.24, 2.45) is 5.16 Å². The Labute approximate surface area is 203 Å². The van der Waals surface area contributed by atoms with Crippen LogP contribution in [0.1, 0.15) is 5.56 Å². The summed E-state index contributed by atoms with van der Waals surface area (Å²) in [5.74, 6) is 0.0536. The highest BCUT2D eigenvalue weighted by atomic mass is 35.5. The van der Waals surface area contributed by atoms with Gasteiger partial charge in [0.2, 0.25) is 5.16 Å². The van der Waals surface area contributed by atoms with Crippen LogP contribution in [-0.4, -0.2) is 31.8 Å². The third-order valence-corrected chi connectivity index (χ3v) is 6.53. The minimum atomic E-state index is -0.761. The average Bonchev–Trinajstić information content (AvgIpc) is 3.39. The molecule has 5 rings (SSSR count). The molecule has 2 heterocycles. The average molecular weight is 496 g/mol. The van der Waals surface area contributed by atoms with Crippen molar-refractivity contribution in [1.82, 2.24) is 14.9 Å². The molecule has 33 heavy (non-hydrogen) atoms. The largest absolute Gasteiger partial charge is 0.354 e. The molecule has 0 radical (unpaired) electrons.